The highest BCUT2D eigenvalue weighted by Crippen LogP contribution is 2.35. The molecule has 0 aliphatic heterocycles. The molecule has 1 aromatic rings. The van der Waals surface area contributed by atoms with Gasteiger partial charge in [-0.2, -0.15) is 0 Å². The summed E-state index contributed by atoms with van der Waals surface area (Å²) in [6.07, 6.45) is 3.76. The summed E-state index contributed by atoms with van der Waals surface area (Å²) in [7, 11) is 0. The number of pyridine rings is 1. The summed E-state index contributed by atoms with van der Waals surface area (Å²) in [6, 6.07) is 2.02. The van der Waals surface area contributed by atoms with Crippen LogP contribution in [0.3, 0.4) is 0 Å². The van der Waals surface area contributed by atoms with Gasteiger partial charge in [0.2, 0.25) is 0 Å². The molecule has 6 heteroatoms. The molecule has 5 nitrogen and oxygen atoms in total. The molecular formula is C11H15ClN4O. The molecule has 0 spiro atoms. The number of hydrogen-bond acceptors (Lipinski definition) is 4. The largest absolute Gasteiger partial charge is 0.395 e. The second kappa shape index (κ2) is 4.89. The number of aliphatic hydroxyl groups excluding tert-OH is 1. The van der Waals surface area contributed by atoms with Crippen LogP contribution in [0.4, 0.5) is 5.82 Å². The van der Waals surface area contributed by atoms with Crippen molar-refractivity contribution in [1.29, 1.82) is 5.41 Å². The zero-order valence-electron chi connectivity index (χ0n) is 9.36. The van der Waals surface area contributed by atoms with Crippen LogP contribution in [0.15, 0.2) is 12.3 Å². The molecule has 1 heterocycles. The van der Waals surface area contributed by atoms with Gasteiger partial charge in [0.05, 0.1) is 11.6 Å². The SMILES string of the molecule is N=C(N)c1ccnc(N(CCO)C2CC2)c1Cl. The van der Waals surface area contributed by atoms with Crippen LogP contribution in [0.2, 0.25) is 5.02 Å². The van der Waals surface area contributed by atoms with Crippen LogP contribution in [-0.2, 0) is 0 Å². The summed E-state index contributed by atoms with van der Waals surface area (Å²) in [5.41, 5.74) is 5.94. The van der Waals surface area contributed by atoms with Gasteiger partial charge in [0, 0.05) is 24.3 Å². The molecule has 0 aromatic carbocycles. The van der Waals surface area contributed by atoms with E-state index in [9.17, 15) is 0 Å². The summed E-state index contributed by atoms with van der Waals surface area (Å²) in [4.78, 5) is 6.21. The van der Waals surface area contributed by atoms with Crippen LogP contribution in [0, 0.1) is 5.41 Å². The maximum atomic E-state index is 9.06. The second-order valence-electron chi connectivity index (χ2n) is 4.06. The van der Waals surface area contributed by atoms with Gasteiger partial charge in [-0.25, -0.2) is 4.98 Å². The average Bonchev–Trinajstić information content (AvgIpc) is 3.10. The number of nitrogens with two attached hydrogens (primary N) is 1. The van der Waals surface area contributed by atoms with E-state index in [-0.39, 0.29) is 12.4 Å². The normalized spacial score (nSPS) is 14.7. The lowest BCUT2D eigenvalue weighted by atomic mass is 10.2. The third-order valence-corrected chi connectivity index (χ3v) is 3.13. The Hall–Kier alpha value is -1.33. The monoisotopic (exact) mass is 254 g/mol. The van der Waals surface area contributed by atoms with Crippen LogP contribution in [-0.4, -0.2) is 35.1 Å². The molecule has 2 rings (SSSR count). The Morgan fingerprint density at radius 3 is 2.88 bits per heavy atom. The number of amidine groups is 1. The molecule has 4 N–H and O–H groups in total. The first kappa shape index (κ1) is 12.1. The lowest BCUT2D eigenvalue weighted by Crippen LogP contribution is -2.30. The van der Waals surface area contributed by atoms with E-state index in [0.29, 0.717) is 29.0 Å². The number of anilines is 1. The van der Waals surface area contributed by atoms with Gasteiger partial charge < -0.3 is 15.7 Å². The van der Waals surface area contributed by atoms with E-state index < -0.39 is 0 Å². The standard InChI is InChI=1S/C11H15ClN4O/c12-9-8(10(13)14)3-4-15-11(9)16(5-6-17)7-1-2-7/h3-4,7,17H,1-2,5-6H2,(H3,13,14). The maximum Gasteiger partial charge on any atom is 0.148 e. The number of rotatable bonds is 5. The third kappa shape index (κ3) is 2.50. The van der Waals surface area contributed by atoms with Gasteiger partial charge in [-0.1, -0.05) is 11.6 Å². The lowest BCUT2D eigenvalue weighted by molar-refractivity contribution is 0.301. The molecule has 17 heavy (non-hydrogen) atoms. The third-order valence-electron chi connectivity index (χ3n) is 2.76. The molecule has 0 bridgehead atoms. The summed E-state index contributed by atoms with van der Waals surface area (Å²) < 4.78 is 0. The molecular weight excluding hydrogens is 240 g/mol. The fourth-order valence-corrected chi connectivity index (χ4v) is 2.12. The Morgan fingerprint density at radius 1 is 1.65 bits per heavy atom. The molecule has 1 aromatic heterocycles. The average molecular weight is 255 g/mol. The Labute approximate surface area is 105 Å². The minimum atomic E-state index is -0.0709. The van der Waals surface area contributed by atoms with Crippen molar-refractivity contribution in [1.82, 2.24) is 4.98 Å². The summed E-state index contributed by atoms with van der Waals surface area (Å²) >= 11 is 6.20. The van der Waals surface area contributed by atoms with Gasteiger partial charge >= 0.3 is 0 Å². The van der Waals surface area contributed by atoms with Crippen molar-refractivity contribution in [3.63, 3.8) is 0 Å². The van der Waals surface area contributed by atoms with E-state index in [1.54, 1.807) is 12.3 Å². The van der Waals surface area contributed by atoms with E-state index in [1.165, 1.54) is 0 Å². The van der Waals surface area contributed by atoms with E-state index >= 15 is 0 Å². The first-order valence-corrected chi connectivity index (χ1v) is 5.89. The lowest BCUT2D eigenvalue weighted by Gasteiger charge is -2.24. The first-order chi connectivity index (χ1) is 8.15. The zero-order valence-corrected chi connectivity index (χ0v) is 10.1. The molecule has 1 saturated carbocycles. The zero-order chi connectivity index (χ0) is 12.4. The predicted octanol–water partition coefficient (Wildman–Crippen LogP) is 0.980. The topological polar surface area (TPSA) is 86.2 Å². The van der Waals surface area contributed by atoms with E-state index in [2.05, 4.69) is 4.98 Å². The highest BCUT2D eigenvalue weighted by molar-refractivity contribution is 6.36. The fourth-order valence-electron chi connectivity index (χ4n) is 1.80. The number of aromatic nitrogens is 1. The van der Waals surface area contributed by atoms with Gasteiger partial charge in [0.1, 0.15) is 11.7 Å². The molecule has 1 aliphatic carbocycles. The first-order valence-electron chi connectivity index (χ1n) is 5.51. The molecule has 0 amide bonds. The highest BCUT2D eigenvalue weighted by atomic mass is 35.5. The predicted molar refractivity (Wildman–Crippen MR) is 67.7 cm³/mol. The van der Waals surface area contributed by atoms with E-state index in [1.807, 2.05) is 4.90 Å². The van der Waals surface area contributed by atoms with Gasteiger partial charge in [-0.15, -0.1) is 0 Å². The minimum absolute atomic E-state index is 0.0544. The van der Waals surface area contributed by atoms with Crippen molar-refractivity contribution in [3.05, 3.63) is 22.8 Å². The van der Waals surface area contributed by atoms with Crippen molar-refractivity contribution in [2.24, 2.45) is 5.73 Å². The smallest absolute Gasteiger partial charge is 0.148 e. The number of nitrogens with one attached hydrogen (secondary N) is 1. The summed E-state index contributed by atoms with van der Waals surface area (Å²) in [5, 5.41) is 16.9. The second-order valence-corrected chi connectivity index (χ2v) is 4.44. The Balaban J connectivity index is 2.35. The maximum absolute atomic E-state index is 9.06. The van der Waals surface area contributed by atoms with Crippen molar-refractivity contribution in [2.45, 2.75) is 18.9 Å². The van der Waals surface area contributed by atoms with Crippen LogP contribution >= 0.6 is 11.6 Å². The van der Waals surface area contributed by atoms with Crippen molar-refractivity contribution in [2.75, 3.05) is 18.1 Å². The fraction of sp³-hybridized carbons (Fsp3) is 0.455. The number of aliphatic hydroxyl groups is 1. The van der Waals surface area contributed by atoms with Gasteiger partial charge in [0.25, 0.3) is 0 Å². The molecule has 0 saturated heterocycles. The van der Waals surface area contributed by atoms with Crippen LogP contribution in [0.25, 0.3) is 0 Å². The van der Waals surface area contributed by atoms with Gasteiger partial charge in [0.15, 0.2) is 0 Å². The van der Waals surface area contributed by atoms with Gasteiger partial charge in [-0.05, 0) is 18.9 Å². The van der Waals surface area contributed by atoms with Crippen molar-refractivity contribution >= 4 is 23.3 Å². The van der Waals surface area contributed by atoms with Crippen LogP contribution < -0.4 is 10.6 Å². The van der Waals surface area contributed by atoms with Crippen LogP contribution in [0.5, 0.6) is 0 Å². The molecule has 1 aliphatic rings. The Bertz CT molecular complexity index is 433. The van der Waals surface area contributed by atoms with E-state index in [0.717, 1.165) is 12.8 Å². The molecule has 0 radical (unpaired) electrons. The molecule has 92 valence electrons. The van der Waals surface area contributed by atoms with Crippen LogP contribution in [0.1, 0.15) is 18.4 Å². The minimum Gasteiger partial charge on any atom is -0.395 e. The van der Waals surface area contributed by atoms with Gasteiger partial charge in [-0.3, -0.25) is 5.41 Å². The molecule has 0 atom stereocenters. The highest BCUT2D eigenvalue weighted by Gasteiger charge is 2.31. The number of halogens is 1. The van der Waals surface area contributed by atoms with E-state index in [4.69, 9.17) is 27.9 Å². The number of nitrogens with zero attached hydrogens (tertiary/aromatic N) is 2. The molecule has 0 unspecified atom stereocenters. The number of hydrogen-bond donors (Lipinski definition) is 3. The summed E-state index contributed by atoms with van der Waals surface area (Å²) in [6.45, 7) is 0.553. The quantitative estimate of drug-likeness (QED) is 0.540. The van der Waals surface area contributed by atoms with Crippen molar-refractivity contribution < 1.29 is 5.11 Å². The Morgan fingerprint density at radius 2 is 2.35 bits per heavy atom. The number of nitrogen functional groups attached to an aromatic ring is 1. The molecule has 1 fully saturated rings. The summed E-state index contributed by atoms with van der Waals surface area (Å²) in [5.74, 6) is 0.536. The Kier molecular flexibility index (Phi) is 3.49. The van der Waals surface area contributed by atoms with Crippen molar-refractivity contribution in [3.8, 4) is 0 Å².